The maximum atomic E-state index is 12.5. The third-order valence-corrected chi connectivity index (χ3v) is 3.94. The summed E-state index contributed by atoms with van der Waals surface area (Å²) in [4.78, 5) is 30.4. The van der Waals surface area contributed by atoms with Gasteiger partial charge in [0.15, 0.2) is 0 Å². The number of rotatable bonds is 3. The van der Waals surface area contributed by atoms with Crippen LogP contribution in [-0.2, 0) is 4.74 Å². The molecule has 1 saturated heterocycles. The lowest BCUT2D eigenvalue weighted by molar-refractivity contribution is 0.00359. The van der Waals surface area contributed by atoms with Crippen LogP contribution in [0.5, 0.6) is 0 Å². The van der Waals surface area contributed by atoms with Crippen LogP contribution in [0.3, 0.4) is 0 Å². The number of nitrogens with zero attached hydrogens (tertiary/aromatic N) is 2. The molecule has 3 rings (SSSR count). The Kier molecular flexibility index (Phi) is 4.86. The van der Waals surface area contributed by atoms with Gasteiger partial charge >= 0.3 is 0 Å². The summed E-state index contributed by atoms with van der Waals surface area (Å²) >= 11 is 0. The molecule has 1 N–H and O–H groups in total. The molecule has 0 saturated carbocycles. The molecule has 6 heteroatoms. The summed E-state index contributed by atoms with van der Waals surface area (Å²) in [5.41, 5.74) is 1.72. The van der Waals surface area contributed by atoms with Gasteiger partial charge in [-0.2, -0.15) is 0 Å². The first-order valence-electron chi connectivity index (χ1n) is 7.85. The molecule has 24 heavy (non-hydrogen) atoms. The maximum Gasteiger partial charge on any atom is 0.257 e. The van der Waals surface area contributed by atoms with Gasteiger partial charge in [-0.1, -0.05) is 0 Å². The summed E-state index contributed by atoms with van der Waals surface area (Å²) in [5, 5.41) is 2.79. The molecule has 6 nitrogen and oxygen atoms in total. The molecule has 1 fully saturated rings. The van der Waals surface area contributed by atoms with Crippen LogP contribution in [0.15, 0.2) is 48.8 Å². The van der Waals surface area contributed by atoms with E-state index in [1.54, 1.807) is 42.6 Å². The number of aromatic nitrogens is 1. The van der Waals surface area contributed by atoms with Gasteiger partial charge in [0.25, 0.3) is 11.8 Å². The van der Waals surface area contributed by atoms with E-state index >= 15 is 0 Å². The molecule has 0 bridgehead atoms. The third-order valence-electron chi connectivity index (χ3n) is 3.94. The number of hydrogen-bond donors (Lipinski definition) is 1. The van der Waals surface area contributed by atoms with Crippen LogP contribution in [0.2, 0.25) is 0 Å². The highest BCUT2D eigenvalue weighted by Crippen LogP contribution is 2.15. The summed E-state index contributed by atoms with van der Waals surface area (Å²) < 4.78 is 5.36. The third kappa shape index (κ3) is 3.60. The lowest BCUT2D eigenvalue weighted by atomic mass is 10.1. The second-order valence-electron chi connectivity index (χ2n) is 5.70. The Morgan fingerprint density at radius 2 is 2.00 bits per heavy atom. The van der Waals surface area contributed by atoms with E-state index in [1.165, 1.54) is 6.20 Å². The van der Waals surface area contributed by atoms with E-state index in [2.05, 4.69) is 10.3 Å². The minimum absolute atomic E-state index is 0.0177. The summed E-state index contributed by atoms with van der Waals surface area (Å²) in [7, 11) is 0. The molecule has 1 aliphatic rings. The topological polar surface area (TPSA) is 71.5 Å². The smallest absolute Gasteiger partial charge is 0.257 e. The van der Waals surface area contributed by atoms with E-state index in [4.69, 9.17) is 4.74 Å². The Labute approximate surface area is 140 Å². The number of carbonyl (C=O) groups excluding carboxylic acids is 2. The monoisotopic (exact) mass is 325 g/mol. The number of anilines is 1. The van der Waals surface area contributed by atoms with E-state index in [0.29, 0.717) is 36.6 Å². The Morgan fingerprint density at radius 3 is 2.67 bits per heavy atom. The van der Waals surface area contributed by atoms with Crippen molar-refractivity contribution in [3.8, 4) is 0 Å². The van der Waals surface area contributed by atoms with Gasteiger partial charge in [-0.25, -0.2) is 0 Å². The van der Waals surface area contributed by atoms with Crippen molar-refractivity contribution >= 4 is 17.5 Å². The molecule has 1 atom stereocenters. The van der Waals surface area contributed by atoms with Crippen molar-refractivity contribution in [2.24, 2.45) is 0 Å². The fourth-order valence-electron chi connectivity index (χ4n) is 2.59. The lowest BCUT2D eigenvalue weighted by Crippen LogP contribution is -2.47. The summed E-state index contributed by atoms with van der Waals surface area (Å²) in [6, 6.07) is 10.4. The van der Waals surface area contributed by atoms with Gasteiger partial charge in [-0.05, 0) is 43.3 Å². The predicted octanol–water partition coefficient (Wildman–Crippen LogP) is 2.19. The second-order valence-corrected chi connectivity index (χ2v) is 5.70. The fraction of sp³-hybridized carbons (Fsp3) is 0.278. The molecule has 1 aromatic carbocycles. The molecule has 2 amide bonds. The molecule has 2 heterocycles. The molecule has 1 unspecified atom stereocenters. The number of ether oxygens (including phenoxy) is 1. The zero-order valence-electron chi connectivity index (χ0n) is 13.4. The number of benzene rings is 1. The normalized spacial score (nSPS) is 17.4. The van der Waals surface area contributed by atoms with Gasteiger partial charge in [-0.3, -0.25) is 14.6 Å². The molecular formula is C18H19N3O3. The highest BCUT2D eigenvalue weighted by atomic mass is 16.5. The molecule has 2 aromatic rings. The number of nitrogens with one attached hydrogen (secondary N) is 1. The first-order chi connectivity index (χ1) is 11.6. The lowest BCUT2D eigenvalue weighted by Gasteiger charge is -2.33. The average Bonchev–Trinajstić information content (AvgIpc) is 2.63. The minimum Gasteiger partial charge on any atom is -0.377 e. The molecule has 124 valence electrons. The molecule has 1 aromatic heterocycles. The van der Waals surface area contributed by atoms with E-state index in [0.717, 1.165) is 0 Å². The first kappa shape index (κ1) is 16.1. The van der Waals surface area contributed by atoms with Gasteiger partial charge in [0.1, 0.15) is 0 Å². The van der Waals surface area contributed by atoms with Crippen LogP contribution in [0.1, 0.15) is 27.6 Å². The van der Waals surface area contributed by atoms with Crippen LogP contribution in [0, 0.1) is 0 Å². The first-order valence-corrected chi connectivity index (χ1v) is 7.85. The number of hydrogen-bond acceptors (Lipinski definition) is 4. The highest BCUT2D eigenvalue weighted by Gasteiger charge is 2.24. The van der Waals surface area contributed by atoms with Crippen molar-refractivity contribution in [1.82, 2.24) is 9.88 Å². The Bertz CT molecular complexity index is 716. The number of pyridine rings is 1. The van der Waals surface area contributed by atoms with E-state index in [1.807, 2.05) is 11.8 Å². The van der Waals surface area contributed by atoms with Crippen LogP contribution in [0.4, 0.5) is 5.69 Å². The standard InChI is InChI=1S/C18H19N3O3/c1-13-12-24-10-9-21(13)18(23)14-4-6-16(7-5-14)20-17(22)15-3-2-8-19-11-15/h2-8,11,13H,9-10,12H2,1H3,(H,20,22). The van der Waals surface area contributed by atoms with Crippen LogP contribution in [0.25, 0.3) is 0 Å². The van der Waals surface area contributed by atoms with Crippen molar-refractivity contribution in [2.75, 3.05) is 25.1 Å². The quantitative estimate of drug-likeness (QED) is 0.939. The Balaban J connectivity index is 1.67. The van der Waals surface area contributed by atoms with Crippen molar-refractivity contribution in [3.05, 3.63) is 59.9 Å². The summed E-state index contributed by atoms with van der Waals surface area (Å²) in [6.45, 7) is 3.69. The Hall–Kier alpha value is -2.73. The van der Waals surface area contributed by atoms with Crippen LogP contribution in [-0.4, -0.2) is 47.5 Å². The van der Waals surface area contributed by atoms with Crippen molar-refractivity contribution in [1.29, 1.82) is 0 Å². The molecule has 0 aliphatic carbocycles. The SMILES string of the molecule is CC1COCCN1C(=O)c1ccc(NC(=O)c2cccnc2)cc1. The number of morpholine rings is 1. The number of amides is 2. The average molecular weight is 325 g/mol. The zero-order valence-corrected chi connectivity index (χ0v) is 13.4. The van der Waals surface area contributed by atoms with Gasteiger partial charge < -0.3 is 15.0 Å². The molecule has 0 spiro atoms. The fourth-order valence-corrected chi connectivity index (χ4v) is 2.59. The van der Waals surface area contributed by atoms with E-state index in [-0.39, 0.29) is 17.9 Å². The zero-order chi connectivity index (χ0) is 16.9. The van der Waals surface area contributed by atoms with Gasteiger partial charge in [0, 0.05) is 30.2 Å². The largest absolute Gasteiger partial charge is 0.377 e. The van der Waals surface area contributed by atoms with Crippen molar-refractivity contribution < 1.29 is 14.3 Å². The van der Waals surface area contributed by atoms with Crippen molar-refractivity contribution in [3.63, 3.8) is 0 Å². The van der Waals surface area contributed by atoms with Gasteiger partial charge in [0.05, 0.1) is 24.8 Å². The van der Waals surface area contributed by atoms with Gasteiger partial charge in [-0.15, -0.1) is 0 Å². The van der Waals surface area contributed by atoms with Crippen LogP contribution >= 0.6 is 0 Å². The number of carbonyl (C=O) groups is 2. The summed E-state index contributed by atoms with van der Waals surface area (Å²) in [6.07, 6.45) is 3.12. The maximum absolute atomic E-state index is 12.5. The van der Waals surface area contributed by atoms with Gasteiger partial charge in [0.2, 0.25) is 0 Å². The minimum atomic E-state index is -0.232. The predicted molar refractivity (Wildman–Crippen MR) is 89.9 cm³/mol. The molecule has 1 aliphatic heterocycles. The summed E-state index contributed by atoms with van der Waals surface area (Å²) in [5.74, 6) is -0.250. The Morgan fingerprint density at radius 1 is 1.21 bits per heavy atom. The van der Waals surface area contributed by atoms with Crippen LogP contribution < -0.4 is 5.32 Å². The molecule has 0 radical (unpaired) electrons. The van der Waals surface area contributed by atoms with Crippen molar-refractivity contribution in [2.45, 2.75) is 13.0 Å². The van der Waals surface area contributed by atoms with E-state index in [9.17, 15) is 9.59 Å². The van der Waals surface area contributed by atoms with E-state index < -0.39 is 0 Å². The second kappa shape index (κ2) is 7.23. The highest BCUT2D eigenvalue weighted by molar-refractivity contribution is 6.04. The molecular weight excluding hydrogens is 306 g/mol.